The molecule has 0 saturated carbocycles. The molecule has 0 atom stereocenters. The summed E-state index contributed by atoms with van der Waals surface area (Å²) in [4.78, 5) is 39.3. The number of barbiturate groups is 1. The number of imide groups is 2. The van der Waals surface area contributed by atoms with Gasteiger partial charge in [-0.2, -0.15) is 0 Å². The lowest BCUT2D eigenvalue weighted by Crippen LogP contribution is -2.51. The number of hydrogen-bond acceptors (Lipinski definition) is 5. The molecule has 1 saturated heterocycles. The molecule has 3 heterocycles. The number of aromatic nitrogens is 2. The van der Waals surface area contributed by atoms with E-state index < -0.39 is 17.8 Å². The van der Waals surface area contributed by atoms with Crippen molar-refractivity contribution in [3.05, 3.63) is 47.6 Å². The molecule has 0 aliphatic carbocycles. The maximum atomic E-state index is 11.9. The third-order valence-corrected chi connectivity index (χ3v) is 4.42. The zero-order valence-electron chi connectivity index (χ0n) is 12.1. The number of hydrogen-bond donors (Lipinski definition) is 2. The molecule has 0 spiro atoms. The van der Waals surface area contributed by atoms with Crippen LogP contribution in [0, 0.1) is 0 Å². The van der Waals surface area contributed by atoms with E-state index in [-0.39, 0.29) is 5.57 Å². The molecule has 1 aliphatic heterocycles. The van der Waals surface area contributed by atoms with Crippen molar-refractivity contribution in [1.82, 2.24) is 20.2 Å². The summed E-state index contributed by atoms with van der Waals surface area (Å²) >= 11 is 1.50. The summed E-state index contributed by atoms with van der Waals surface area (Å²) in [5.74, 6) is -1.45. The zero-order chi connectivity index (χ0) is 16.7. The number of benzene rings is 1. The molecule has 0 radical (unpaired) electrons. The highest BCUT2D eigenvalue weighted by Crippen LogP contribution is 2.32. The largest absolute Gasteiger partial charge is 0.328 e. The first-order chi connectivity index (χ1) is 11.6. The van der Waals surface area contributed by atoms with Gasteiger partial charge in [-0.25, -0.2) is 9.78 Å². The van der Waals surface area contributed by atoms with E-state index in [9.17, 15) is 14.4 Å². The van der Waals surface area contributed by atoms with Crippen molar-refractivity contribution < 1.29 is 14.4 Å². The Bertz CT molecular complexity index is 995. The Kier molecular flexibility index (Phi) is 3.24. The molecule has 3 aromatic rings. The molecule has 1 aromatic carbocycles. The molecule has 4 amide bonds. The predicted octanol–water partition coefficient (Wildman–Crippen LogP) is 1.97. The number of nitrogens with zero attached hydrogens (tertiary/aromatic N) is 2. The van der Waals surface area contributed by atoms with Crippen LogP contribution in [0.4, 0.5) is 4.79 Å². The van der Waals surface area contributed by atoms with Crippen LogP contribution in [0.5, 0.6) is 0 Å². The first-order valence-corrected chi connectivity index (χ1v) is 7.89. The van der Waals surface area contributed by atoms with Crippen molar-refractivity contribution in [3.63, 3.8) is 0 Å². The van der Waals surface area contributed by atoms with Crippen LogP contribution in [0.2, 0.25) is 0 Å². The van der Waals surface area contributed by atoms with Crippen LogP contribution in [-0.4, -0.2) is 27.4 Å². The van der Waals surface area contributed by atoms with Gasteiger partial charge >= 0.3 is 6.03 Å². The molecule has 8 heteroatoms. The molecule has 1 aliphatic rings. The van der Waals surface area contributed by atoms with E-state index in [2.05, 4.69) is 15.6 Å². The quantitative estimate of drug-likeness (QED) is 0.552. The molecule has 7 nitrogen and oxygen atoms in total. The summed E-state index contributed by atoms with van der Waals surface area (Å²) in [6.07, 6.45) is 4.95. The lowest BCUT2D eigenvalue weighted by molar-refractivity contribution is -0.123. The van der Waals surface area contributed by atoms with E-state index >= 15 is 0 Å². The molecule has 0 bridgehead atoms. The van der Waals surface area contributed by atoms with Gasteiger partial charge in [-0.15, -0.1) is 11.3 Å². The summed E-state index contributed by atoms with van der Waals surface area (Å²) < 4.78 is 1.69. The summed E-state index contributed by atoms with van der Waals surface area (Å²) in [6.45, 7) is 0. The van der Waals surface area contributed by atoms with Gasteiger partial charge in [0.05, 0.1) is 5.52 Å². The fourth-order valence-electron chi connectivity index (χ4n) is 2.57. The van der Waals surface area contributed by atoms with Gasteiger partial charge in [-0.05, 0) is 6.07 Å². The van der Waals surface area contributed by atoms with Crippen LogP contribution < -0.4 is 10.6 Å². The maximum Gasteiger partial charge on any atom is 0.328 e. The number of para-hydroxylation sites is 1. The minimum Gasteiger partial charge on any atom is -0.322 e. The van der Waals surface area contributed by atoms with E-state index in [1.165, 1.54) is 17.5 Å². The van der Waals surface area contributed by atoms with Gasteiger partial charge in [0, 0.05) is 34.9 Å². The van der Waals surface area contributed by atoms with Crippen LogP contribution in [0.3, 0.4) is 0 Å². The van der Waals surface area contributed by atoms with Crippen LogP contribution in [0.1, 0.15) is 0 Å². The summed E-state index contributed by atoms with van der Waals surface area (Å²) in [5, 5.41) is 7.80. The number of amides is 4. The smallest absolute Gasteiger partial charge is 0.322 e. The summed E-state index contributed by atoms with van der Waals surface area (Å²) in [7, 11) is 0. The van der Waals surface area contributed by atoms with Crippen LogP contribution in [-0.2, 0) is 9.59 Å². The number of carbonyl (C=O) groups is 3. The molecule has 1 fully saturated rings. The van der Waals surface area contributed by atoms with Gasteiger partial charge in [-0.3, -0.25) is 20.2 Å². The first kappa shape index (κ1) is 14.3. The first-order valence-electron chi connectivity index (χ1n) is 7.01. The Hall–Kier alpha value is -3.26. The summed E-state index contributed by atoms with van der Waals surface area (Å²) in [6, 6.07) is 6.80. The van der Waals surface area contributed by atoms with Crippen molar-refractivity contribution in [3.8, 4) is 10.6 Å². The van der Waals surface area contributed by atoms with Crippen molar-refractivity contribution in [2.75, 3.05) is 0 Å². The molecule has 24 heavy (non-hydrogen) atoms. The zero-order valence-corrected chi connectivity index (χ0v) is 13.0. The maximum absolute atomic E-state index is 11.9. The van der Waals surface area contributed by atoms with Gasteiger partial charge in [0.1, 0.15) is 10.6 Å². The lowest BCUT2D eigenvalue weighted by Gasteiger charge is -2.14. The fraction of sp³-hybridized carbons (Fsp3) is 0. The second kappa shape index (κ2) is 5.43. The SMILES string of the molecule is O=C1NC(=O)C(=Cn2cc(-c3nccs3)c3ccccc32)C(=O)N1. The van der Waals surface area contributed by atoms with E-state index in [1.807, 2.05) is 35.8 Å². The Morgan fingerprint density at radius 2 is 1.83 bits per heavy atom. The fourth-order valence-corrected chi connectivity index (χ4v) is 3.23. The third kappa shape index (κ3) is 2.29. The second-order valence-electron chi connectivity index (χ2n) is 5.08. The molecule has 4 rings (SSSR count). The standard InChI is InChI=1S/C16H10N4O3S/c21-13-11(14(22)19-16(23)18-13)8-20-7-10(15-17-5-6-24-15)9-3-1-2-4-12(9)20/h1-8H,(H2,18,19,21,22,23). The van der Waals surface area contributed by atoms with E-state index in [0.29, 0.717) is 0 Å². The Labute approximate surface area is 139 Å². The average molecular weight is 338 g/mol. The minimum atomic E-state index is -0.817. The average Bonchev–Trinajstić information content (AvgIpc) is 3.19. The van der Waals surface area contributed by atoms with Crippen molar-refractivity contribution in [1.29, 1.82) is 0 Å². The van der Waals surface area contributed by atoms with E-state index in [0.717, 1.165) is 21.5 Å². The van der Waals surface area contributed by atoms with Crippen LogP contribution in [0.15, 0.2) is 47.6 Å². The van der Waals surface area contributed by atoms with E-state index in [4.69, 9.17) is 0 Å². The highest BCUT2D eigenvalue weighted by atomic mass is 32.1. The monoisotopic (exact) mass is 338 g/mol. The molecule has 2 aromatic heterocycles. The number of thiazole rings is 1. The van der Waals surface area contributed by atoms with Crippen LogP contribution in [0.25, 0.3) is 27.7 Å². The normalized spacial score (nSPS) is 14.7. The molecule has 118 valence electrons. The highest BCUT2D eigenvalue weighted by Gasteiger charge is 2.28. The van der Waals surface area contributed by atoms with E-state index in [1.54, 1.807) is 10.8 Å². The number of fused-ring (bicyclic) bond motifs is 1. The van der Waals surface area contributed by atoms with Gasteiger partial charge in [0.15, 0.2) is 0 Å². The highest BCUT2D eigenvalue weighted by molar-refractivity contribution is 7.13. The van der Waals surface area contributed by atoms with Crippen molar-refractivity contribution in [2.45, 2.75) is 0 Å². The number of rotatable bonds is 2. The Morgan fingerprint density at radius 3 is 2.54 bits per heavy atom. The molecular weight excluding hydrogens is 328 g/mol. The number of carbonyl (C=O) groups excluding carboxylic acids is 3. The van der Waals surface area contributed by atoms with Gasteiger partial charge < -0.3 is 4.57 Å². The third-order valence-electron chi connectivity index (χ3n) is 3.61. The van der Waals surface area contributed by atoms with Gasteiger partial charge in [0.2, 0.25) is 0 Å². The Morgan fingerprint density at radius 1 is 1.08 bits per heavy atom. The number of urea groups is 1. The van der Waals surface area contributed by atoms with Crippen molar-refractivity contribution in [2.24, 2.45) is 0 Å². The second-order valence-corrected chi connectivity index (χ2v) is 5.98. The Balaban J connectivity index is 1.89. The summed E-state index contributed by atoms with van der Waals surface area (Å²) in [5.41, 5.74) is 1.60. The number of nitrogens with one attached hydrogen (secondary N) is 2. The van der Waals surface area contributed by atoms with Crippen molar-refractivity contribution >= 4 is 46.3 Å². The van der Waals surface area contributed by atoms with Gasteiger partial charge in [-0.1, -0.05) is 18.2 Å². The predicted molar refractivity (Wildman–Crippen MR) is 89.0 cm³/mol. The van der Waals surface area contributed by atoms with Gasteiger partial charge in [0.25, 0.3) is 11.8 Å². The minimum absolute atomic E-state index is 0.138. The molecule has 2 N–H and O–H groups in total. The van der Waals surface area contributed by atoms with Crippen LogP contribution >= 0.6 is 11.3 Å². The molecular formula is C16H10N4O3S. The lowest BCUT2D eigenvalue weighted by atomic mass is 10.2. The topological polar surface area (TPSA) is 93.1 Å². The molecule has 0 unspecified atom stereocenters.